The van der Waals surface area contributed by atoms with Gasteiger partial charge < -0.3 is 9.30 Å². The van der Waals surface area contributed by atoms with Crippen LogP contribution in [0.2, 0.25) is 0 Å². The van der Waals surface area contributed by atoms with Crippen LogP contribution >= 0.6 is 0 Å². The minimum atomic E-state index is -4.54. The molecule has 1 aromatic heterocycles. The number of piperidine rings is 1. The number of imidazole rings is 1. The monoisotopic (exact) mass is 445 g/mol. The van der Waals surface area contributed by atoms with E-state index >= 15 is 0 Å². The van der Waals surface area contributed by atoms with Gasteiger partial charge in [-0.1, -0.05) is 18.2 Å². The van der Waals surface area contributed by atoms with E-state index in [1.54, 1.807) is 18.5 Å². The summed E-state index contributed by atoms with van der Waals surface area (Å²) in [6.07, 6.45) is -2.65. The Hall–Kier alpha value is -2.40. The van der Waals surface area contributed by atoms with Gasteiger partial charge in [-0.2, -0.15) is 17.5 Å². The normalized spacial score (nSPS) is 16.6. The maximum Gasteiger partial charge on any atom is 0.416 e. The molecule has 1 aliphatic rings. The molecular weight excluding hydrogens is 423 g/mol. The summed E-state index contributed by atoms with van der Waals surface area (Å²) < 4.78 is 72.5. The summed E-state index contributed by atoms with van der Waals surface area (Å²) in [6, 6.07) is 4.92. The highest BCUT2D eigenvalue weighted by atomic mass is 32.2. The molecular formula is C19H22F3N3O4S. The smallest absolute Gasteiger partial charge is 0.416 e. The molecule has 0 aliphatic carbocycles. The molecule has 0 N–H and O–H groups in total. The van der Waals surface area contributed by atoms with E-state index < -0.39 is 40.3 Å². The highest BCUT2D eigenvalue weighted by Gasteiger charge is 2.35. The number of sulfonamides is 1. The summed E-state index contributed by atoms with van der Waals surface area (Å²) in [7, 11) is -2.07. The topological polar surface area (TPSA) is 81.5 Å². The first-order chi connectivity index (χ1) is 14.0. The lowest BCUT2D eigenvalue weighted by Crippen LogP contribution is -2.40. The van der Waals surface area contributed by atoms with Crippen molar-refractivity contribution in [1.29, 1.82) is 0 Å². The van der Waals surface area contributed by atoms with Gasteiger partial charge in [-0.15, -0.1) is 0 Å². The number of aryl methyl sites for hydroxylation is 2. The van der Waals surface area contributed by atoms with Crippen LogP contribution in [-0.4, -0.2) is 41.3 Å². The molecule has 0 bridgehead atoms. The molecule has 0 atom stereocenters. The first-order valence-corrected chi connectivity index (χ1v) is 10.8. The lowest BCUT2D eigenvalue weighted by molar-refractivity contribution is -0.153. The van der Waals surface area contributed by atoms with Crippen molar-refractivity contribution in [2.75, 3.05) is 13.1 Å². The SMILES string of the molecule is Cc1nc(S(=O)(=O)N2CCC(C(=O)OCc3ccccc3C(F)(F)F)CC2)cn1C. The predicted octanol–water partition coefficient (Wildman–Crippen LogP) is 2.89. The number of esters is 1. The second-order valence-corrected chi connectivity index (χ2v) is 9.06. The largest absolute Gasteiger partial charge is 0.461 e. The van der Waals surface area contributed by atoms with Crippen molar-refractivity contribution in [2.45, 2.75) is 37.6 Å². The van der Waals surface area contributed by atoms with Gasteiger partial charge in [0.15, 0.2) is 5.03 Å². The fraction of sp³-hybridized carbons (Fsp3) is 0.474. The van der Waals surface area contributed by atoms with Gasteiger partial charge >= 0.3 is 12.1 Å². The molecule has 1 aliphatic heterocycles. The van der Waals surface area contributed by atoms with Gasteiger partial charge in [0.1, 0.15) is 12.4 Å². The summed E-state index contributed by atoms with van der Waals surface area (Å²) in [5, 5.41) is -0.0488. The Bertz CT molecular complexity index is 1010. The van der Waals surface area contributed by atoms with E-state index in [2.05, 4.69) is 4.98 Å². The zero-order valence-electron chi connectivity index (χ0n) is 16.5. The molecule has 11 heteroatoms. The maximum atomic E-state index is 13.0. The molecule has 164 valence electrons. The average Bonchev–Trinajstić information content (AvgIpc) is 3.05. The van der Waals surface area contributed by atoms with Crippen LogP contribution in [0, 0.1) is 12.8 Å². The van der Waals surface area contributed by atoms with E-state index in [1.807, 2.05) is 0 Å². The molecule has 0 amide bonds. The van der Waals surface area contributed by atoms with Gasteiger partial charge in [0.05, 0.1) is 11.5 Å². The maximum absolute atomic E-state index is 13.0. The highest BCUT2D eigenvalue weighted by Crippen LogP contribution is 2.32. The zero-order chi connectivity index (χ0) is 22.1. The lowest BCUT2D eigenvalue weighted by Gasteiger charge is -2.29. The number of benzene rings is 1. The number of aromatic nitrogens is 2. The minimum absolute atomic E-state index is 0.0488. The van der Waals surface area contributed by atoms with Crippen molar-refractivity contribution < 1.29 is 31.1 Å². The number of hydrogen-bond donors (Lipinski definition) is 0. The van der Waals surface area contributed by atoms with Crippen LogP contribution in [0.25, 0.3) is 0 Å². The van der Waals surface area contributed by atoms with Crippen LogP contribution in [-0.2, 0) is 39.4 Å². The van der Waals surface area contributed by atoms with Crippen molar-refractivity contribution in [3.8, 4) is 0 Å². The molecule has 1 fully saturated rings. The predicted molar refractivity (Wildman–Crippen MR) is 101 cm³/mol. The van der Waals surface area contributed by atoms with Crippen LogP contribution in [0.1, 0.15) is 29.8 Å². The van der Waals surface area contributed by atoms with Gasteiger partial charge in [0.25, 0.3) is 10.0 Å². The van der Waals surface area contributed by atoms with Crippen LogP contribution in [0.3, 0.4) is 0 Å². The lowest BCUT2D eigenvalue weighted by atomic mass is 9.98. The summed E-state index contributed by atoms with van der Waals surface area (Å²) in [5.41, 5.74) is -0.965. The Morgan fingerprint density at radius 1 is 1.23 bits per heavy atom. The van der Waals surface area contributed by atoms with Crippen molar-refractivity contribution >= 4 is 16.0 Å². The summed E-state index contributed by atoms with van der Waals surface area (Å²) in [4.78, 5) is 16.4. The average molecular weight is 445 g/mol. The Morgan fingerprint density at radius 2 is 1.87 bits per heavy atom. The number of nitrogens with zero attached hydrogens (tertiary/aromatic N) is 3. The minimum Gasteiger partial charge on any atom is -0.461 e. The van der Waals surface area contributed by atoms with Crippen LogP contribution in [0.4, 0.5) is 13.2 Å². The molecule has 1 saturated heterocycles. The summed E-state index contributed by atoms with van der Waals surface area (Å²) in [6.45, 7) is 1.42. The third kappa shape index (κ3) is 4.67. The van der Waals surface area contributed by atoms with Gasteiger partial charge in [-0.25, -0.2) is 13.4 Å². The Balaban J connectivity index is 1.59. The quantitative estimate of drug-likeness (QED) is 0.661. The molecule has 0 saturated carbocycles. The van der Waals surface area contributed by atoms with Gasteiger partial charge in [0.2, 0.25) is 0 Å². The molecule has 0 unspecified atom stereocenters. The number of carbonyl (C=O) groups is 1. The number of carbonyl (C=O) groups excluding carboxylic acids is 1. The molecule has 0 radical (unpaired) electrons. The second-order valence-electron chi connectivity index (χ2n) is 7.18. The number of rotatable bonds is 5. The Labute approximate surface area is 172 Å². The number of halogens is 3. The van der Waals surface area contributed by atoms with Crippen LogP contribution in [0.15, 0.2) is 35.5 Å². The number of ether oxygens (including phenoxy) is 1. The van der Waals surface area contributed by atoms with E-state index in [-0.39, 0.29) is 36.5 Å². The van der Waals surface area contributed by atoms with Gasteiger partial charge in [-0.05, 0) is 25.8 Å². The molecule has 7 nitrogen and oxygen atoms in total. The third-order valence-electron chi connectivity index (χ3n) is 5.17. The zero-order valence-corrected chi connectivity index (χ0v) is 17.3. The molecule has 1 aromatic carbocycles. The first kappa shape index (κ1) is 22.3. The fourth-order valence-electron chi connectivity index (χ4n) is 3.30. The van der Waals surface area contributed by atoms with Crippen molar-refractivity contribution in [3.05, 3.63) is 47.4 Å². The molecule has 2 aromatic rings. The van der Waals surface area contributed by atoms with Crippen molar-refractivity contribution in [3.63, 3.8) is 0 Å². The number of alkyl halides is 3. The van der Waals surface area contributed by atoms with Gasteiger partial charge in [-0.3, -0.25) is 4.79 Å². The van der Waals surface area contributed by atoms with E-state index in [9.17, 15) is 26.4 Å². The standard InChI is InChI=1S/C19H22F3N3O4S/c1-13-23-17(11-24(13)2)30(27,28)25-9-7-14(8-10-25)18(26)29-12-15-5-3-4-6-16(15)19(20,21)22/h3-6,11,14H,7-10,12H2,1-2H3. The highest BCUT2D eigenvalue weighted by molar-refractivity contribution is 7.89. The Kier molecular flexibility index (Phi) is 6.23. The Morgan fingerprint density at radius 3 is 2.43 bits per heavy atom. The molecule has 2 heterocycles. The van der Waals surface area contributed by atoms with E-state index in [1.165, 1.54) is 28.7 Å². The second kappa shape index (κ2) is 8.38. The van der Waals surface area contributed by atoms with Gasteiger partial charge in [0, 0.05) is 31.9 Å². The van der Waals surface area contributed by atoms with E-state index in [0.29, 0.717) is 5.82 Å². The third-order valence-corrected chi connectivity index (χ3v) is 6.94. The van der Waals surface area contributed by atoms with Crippen LogP contribution < -0.4 is 0 Å². The van der Waals surface area contributed by atoms with Crippen molar-refractivity contribution in [1.82, 2.24) is 13.9 Å². The molecule has 0 spiro atoms. The molecule has 30 heavy (non-hydrogen) atoms. The van der Waals surface area contributed by atoms with Crippen LogP contribution in [0.5, 0.6) is 0 Å². The fourth-order valence-corrected chi connectivity index (χ4v) is 4.80. The van der Waals surface area contributed by atoms with E-state index in [4.69, 9.17) is 4.74 Å². The van der Waals surface area contributed by atoms with Crippen molar-refractivity contribution in [2.24, 2.45) is 13.0 Å². The summed E-state index contributed by atoms with van der Waals surface area (Å²) >= 11 is 0. The van der Waals surface area contributed by atoms with E-state index in [0.717, 1.165) is 6.07 Å². The summed E-state index contributed by atoms with van der Waals surface area (Å²) in [5.74, 6) is -0.635. The first-order valence-electron chi connectivity index (χ1n) is 9.32. The number of hydrogen-bond acceptors (Lipinski definition) is 5. The molecule has 3 rings (SSSR count).